The number of ether oxygens (including phenoxy) is 2. The van der Waals surface area contributed by atoms with Gasteiger partial charge < -0.3 is 45.0 Å². The van der Waals surface area contributed by atoms with E-state index < -0.39 is 78.9 Å². The Morgan fingerprint density at radius 1 is 0.560 bits per heavy atom. The average molecular weight is 1210 g/mol. The van der Waals surface area contributed by atoms with Gasteiger partial charge in [-0.25, -0.2) is 16.8 Å². The van der Waals surface area contributed by atoms with Crippen LogP contribution in [-0.2, 0) is 34.1 Å². The molecule has 4 aromatic carbocycles. The molecule has 84 heavy (non-hydrogen) atoms. The average Bonchev–Trinajstić information content (AvgIpc) is 1.72. The Morgan fingerprint density at radius 2 is 0.976 bits per heavy atom. The predicted octanol–water partition coefficient (Wildman–Crippen LogP) is 10.3. The minimum absolute atomic E-state index is 0.0422. The normalized spacial score (nSPS) is 19.0. The maximum atomic E-state index is 14.0. The monoisotopic (exact) mass is 1200 g/mol. The molecule has 0 bridgehead atoms. The number of aliphatic hydroxyl groups is 2. The lowest BCUT2D eigenvalue weighted by molar-refractivity contribution is -0.138. The number of aliphatic hydroxyl groups excluding tert-OH is 2. The highest BCUT2D eigenvalue weighted by Crippen LogP contribution is 2.52. The second-order valence-corrected chi connectivity index (χ2v) is 27.4. The van der Waals surface area contributed by atoms with Gasteiger partial charge in [0.05, 0.1) is 46.7 Å². The number of aliphatic carboxylic acids is 2. The first-order valence-electron chi connectivity index (χ1n) is 30.2. The highest BCUT2D eigenvalue weighted by Gasteiger charge is 2.51. The number of anilines is 2. The Balaban J connectivity index is 0.000000309. The van der Waals surface area contributed by atoms with Gasteiger partial charge in [0.2, 0.25) is 0 Å². The molecule has 2 heterocycles. The first kappa shape index (κ1) is 69.0. The number of nitrogens with zero attached hydrogens (tertiary/aromatic N) is 3. The van der Waals surface area contributed by atoms with Gasteiger partial charge in [0.15, 0.2) is 26.3 Å². The molecule has 0 saturated carbocycles. The maximum Gasteiger partial charge on any atom is 0.322 e. The molecule has 4 atom stereocenters. The van der Waals surface area contributed by atoms with Crippen molar-refractivity contribution in [1.82, 2.24) is 10.2 Å². The van der Waals surface area contributed by atoms with E-state index in [4.69, 9.17) is 19.7 Å². The zero-order valence-corrected chi connectivity index (χ0v) is 52.9. The topological polar surface area (TPSA) is 241 Å². The van der Waals surface area contributed by atoms with E-state index in [0.29, 0.717) is 54.1 Å². The summed E-state index contributed by atoms with van der Waals surface area (Å²) in [4.78, 5) is 39.8. The van der Waals surface area contributed by atoms with Crippen molar-refractivity contribution in [1.29, 1.82) is 0 Å². The summed E-state index contributed by atoms with van der Waals surface area (Å²) < 4.78 is 67.4. The minimum Gasteiger partial charge on any atom is -0.494 e. The fraction of sp³-hybridized carbons (Fsp3) is 0.585. The van der Waals surface area contributed by atoms with Crippen LogP contribution in [0.5, 0.6) is 11.5 Å². The van der Waals surface area contributed by atoms with E-state index in [0.717, 1.165) is 112 Å². The summed E-state index contributed by atoms with van der Waals surface area (Å²) in [5.41, 5.74) is 3.08. The van der Waals surface area contributed by atoms with Gasteiger partial charge >= 0.3 is 11.9 Å². The molecule has 0 aromatic heterocycles. The molecule has 1 amide bonds. The fourth-order valence-corrected chi connectivity index (χ4v) is 16.4. The van der Waals surface area contributed by atoms with E-state index in [9.17, 15) is 41.4 Å². The van der Waals surface area contributed by atoms with E-state index in [1.54, 1.807) is 42.5 Å². The van der Waals surface area contributed by atoms with Gasteiger partial charge in [-0.15, -0.1) is 0 Å². The number of hydrogen-bond donors (Lipinski definition) is 5. The van der Waals surface area contributed by atoms with Crippen LogP contribution in [0.15, 0.2) is 94.7 Å². The van der Waals surface area contributed by atoms with Crippen LogP contribution >= 0.6 is 0 Å². The number of sulfone groups is 2. The van der Waals surface area contributed by atoms with Gasteiger partial charge in [0, 0.05) is 62.2 Å². The van der Waals surface area contributed by atoms with Crippen molar-refractivity contribution in [3.05, 3.63) is 107 Å². The van der Waals surface area contributed by atoms with Crippen LogP contribution in [0.2, 0.25) is 0 Å². The molecular weight excluding hydrogens is 1110 g/mol. The number of carbonyl (C=O) groups is 3. The first-order chi connectivity index (χ1) is 39.9. The van der Waals surface area contributed by atoms with Crippen molar-refractivity contribution < 1.29 is 61.1 Å². The van der Waals surface area contributed by atoms with Crippen molar-refractivity contribution in [3.8, 4) is 11.5 Å². The highest BCUT2D eigenvalue weighted by molar-refractivity contribution is 7.91. The van der Waals surface area contributed by atoms with E-state index in [1.807, 2.05) is 92.3 Å². The van der Waals surface area contributed by atoms with Gasteiger partial charge in [-0.05, 0) is 141 Å². The minimum atomic E-state index is -3.69. The molecule has 2 unspecified atom stereocenters. The van der Waals surface area contributed by atoms with E-state index in [2.05, 4.69) is 33.0 Å². The van der Waals surface area contributed by atoms with Crippen LogP contribution in [0.3, 0.4) is 0 Å². The van der Waals surface area contributed by atoms with E-state index >= 15 is 0 Å². The molecule has 5 N–H and O–H groups in total. The zero-order valence-electron chi connectivity index (χ0n) is 51.3. The molecule has 0 radical (unpaired) electrons. The smallest absolute Gasteiger partial charge is 0.322 e. The van der Waals surface area contributed by atoms with E-state index in [-0.39, 0.29) is 29.6 Å². The maximum absolute atomic E-state index is 14.0. The summed E-state index contributed by atoms with van der Waals surface area (Å²) in [6.07, 6.45) is 10.5. The molecule has 4 aromatic rings. The number of amides is 1. The predicted molar refractivity (Wildman–Crippen MR) is 332 cm³/mol. The summed E-state index contributed by atoms with van der Waals surface area (Å²) in [5, 5.41) is 44.5. The van der Waals surface area contributed by atoms with Gasteiger partial charge in [0.1, 0.15) is 18.0 Å². The van der Waals surface area contributed by atoms with Crippen LogP contribution in [-0.4, -0.2) is 151 Å². The summed E-state index contributed by atoms with van der Waals surface area (Å²) in [7, 11) is 0.330. The number of carbonyl (C=O) groups excluding carboxylic acids is 1. The summed E-state index contributed by atoms with van der Waals surface area (Å²) >= 11 is 0. The van der Waals surface area contributed by atoms with Crippen LogP contribution in [0.25, 0.3) is 0 Å². The Morgan fingerprint density at radius 3 is 1.35 bits per heavy atom. The molecule has 19 heteroatoms. The lowest BCUT2D eigenvalue weighted by atomic mass is 9.68. The van der Waals surface area contributed by atoms with E-state index in [1.165, 1.54) is 0 Å². The van der Waals surface area contributed by atoms with Crippen molar-refractivity contribution in [2.75, 3.05) is 88.9 Å². The van der Waals surface area contributed by atoms with Crippen molar-refractivity contribution in [2.24, 2.45) is 10.8 Å². The summed E-state index contributed by atoms with van der Waals surface area (Å²) in [6, 6.07) is 25.6. The first-order valence-corrected chi connectivity index (χ1v) is 33.5. The highest BCUT2D eigenvalue weighted by atomic mass is 32.2. The van der Waals surface area contributed by atoms with Crippen LogP contribution < -0.4 is 24.6 Å². The Bertz CT molecular complexity index is 2950. The number of carboxylic acid groups (broad SMARTS) is 2. The molecule has 466 valence electrons. The number of benzene rings is 4. The zero-order chi connectivity index (χ0) is 61.8. The quantitative estimate of drug-likeness (QED) is 0.0294. The molecule has 0 fully saturated rings. The largest absolute Gasteiger partial charge is 0.494 e. The van der Waals surface area contributed by atoms with Crippen molar-refractivity contribution in [3.63, 3.8) is 0 Å². The SMILES string of the molecule is CCCCC1(CCCC)CS(=O)(=O)c2ccc(N(C)C)cc2[C@@H](c2ccc(OCC(=O)NCC(=O)O)cc2)C1O.CCCCC1(CCCC)CS(=O)(=O)c2ccc(N(C)C)cc2[C@@H](c2ccc(OCCCCCN(CC)CC(=O)O)cc2)C1O. The van der Waals surface area contributed by atoms with Gasteiger partial charge in [0.25, 0.3) is 5.91 Å². The van der Waals surface area contributed by atoms with Crippen molar-refractivity contribution in [2.45, 2.75) is 165 Å². The molecule has 2 aliphatic heterocycles. The van der Waals surface area contributed by atoms with Gasteiger partial charge in [-0.2, -0.15) is 0 Å². The second kappa shape index (κ2) is 32.1. The third-order valence-electron chi connectivity index (χ3n) is 16.8. The summed E-state index contributed by atoms with van der Waals surface area (Å²) in [6.45, 7) is 11.6. The Kier molecular flexibility index (Phi) is 26.4. The van der Waals surface area contributed by atoms with Crippen LogP contribution in [0.1, 0.15) is 165 Å². The molecule has 17 nitrogen and oxygen atoms in total. The van der Waals surface area contributed by atoms with Crippen LogP contribution in [0, 0.1) is 10.8 Å². The number of rotatable bonds is 31. The lowest BCUT2D eigenvalue weighted by Crippen LogP contribution is -2.43. The molecule has 0 aliphatic carbocycles. The fourth-order valence-electron chi connectivity index (χ4n) is 12.0. The lowest BCUT2D eigenvalue weighted by Gasteiger charge is -2.40. The third kappa shape index (κ3) is 18.4. The van der Waals surface area contributed by atoms with Crippen LogP contribution in [0.4, 0.5) is 11.4 Å². The molecule has 0 spiro atoms. The van der Waals surface area contributed by atoms with Gasteiger partial charge in [-0.3, -0.25) is 19.3 Å². The number of carboxylic acids is 2. The molecule has 2 aliphatic rings. The Labute approximate surface area is 501 Å². The number of nitrogens with one attached hydrogen (secondary N) is 1. The third-order valence-corrected chi connectivity index (χ3v) is 20.8. The number of unbranched alkanes of at least 4 members (excludes halogenated alkanes) is 6. The Hall–Kier alpha value is -5.73. The molecule has 6 rings (SSSR count). The summed E-state index contributed by atoms with van der Waals surface area (Å²) in [5.74, 6) is -2.59. The van der Waals surface area contributed by atoms with Crippen molar-refractivity contribution >= 4 is 48.9 Å². The number of fused-ring (bicyclic) bond motifs is 2. The number of likely N-dealkylation sites (N-methyl/N-ethyl adjacent to an activating group) is 1. The molecular formula is C65H96N4O13S2. The number of hydrogen-bond acceptors (Lipinski definition) is 14. The molecule has 0 saturated heterocycles. The standard InChI is InChI=1S/C35H54N2O6S.C30H42N2O7S/c1-6-9-20-35(21-10-7-2)26-44(41,42)31-19-16-28(36(4)5)24-30(31)33(34(35)40)27-14-17-29(18-15-27)43-23-13-11-12-22-37(8-3)25-32(38)39;1-5-7-15-30(16-8-6-2)20-40(37,38)25-14-11-22(32(3)4)17-24(25)28(29(30)36)21-9-12-23(13-10-21)39-19-26(33)31-18-27(34)35/h14-19,24,33-34,40H,6-13,20-23,25-26H2,1-5H3,(H,38,39);9-14,17,28-29,36H,5-8,15-16,18-20H2,1-4H3,(H,31,33)(H,34,35)/t33-,34?;28-,29?/m11/s1. The second-order valence-electron chi connectivity index (χ2n) is 23.5. The van der Waals surface area contributed by atoms with Gasteiger partial charge in [-0.1, -0.05) is 110 Å².